The number of aryl methyl sites for hydroxylation is 1. The quantitative estimate of drug-likeness (QED) is 0.716. The average Bonchev–Trinajstić information content (AvgIpc) is 2.72. The van der Waals surface area contributed by atoms with Crippen LogP contribution in [0.3, 0.4) is 0 Å². The van der Waals surface area contributed by atoms with Crippen LogP contribution in [0.25, 0.3) is 0 Å². The van der Waals surface area contributed by atoms with Crippen LogP contribution in [-0.4, -0.2) is 10.9 Å². The lowest BCUT2D eigenvalue weighted by molar-refractivity contribution is -0.121. The van der Waals surface area contributed by atoms with E-state index in [1.54, 1.807) is 6.20 Å². The Hall–Kier alpha value is -2.36. The van der Waals surface area contributed by atoms with Crippen molar-refractivity contribution in [3.05, 3.63) is 53.2 Å². The lowest BCUT2D eigenvalue weighted by Crippen LogP contribution is -2.40. The Kier molecular flexibility index (Phi) is 2.19. The van der Waals surface area contributed by atoms with E-state index >= 15 is 0 Å². The molecule has 2 aromatic rings. The molecule has 0 saturated heterocycles. The average molecular weight is 265 g/mol. The molecule has 0 radical (unpaired) electrons. The summed E-state index contributed by atoms with van der Waals surface area (Å²) in [4.78, 5) is 16.8. The van der Waals surface area contributed by atoms with E-state index in [1.807, 2.05) is 30.3 Å². The van der Waals surface area contributed by atoms with Gasteiger partial charge >= 0.3 is 0 Å². The molecule has 1 amide bonds. The van der Waals surface area contributed by atoms with Crippen LogP contribution in [0.1, 0.15) is 23.1 Å². The van der Waals surface area contributed by atoms with E-state index in [9.17, 15) is 4.79 Å². The van der Waals surface area contributed by atoms with Gasteiger partial charge in [0.05, 0.1) is 5.41 Å². The molecule has 1 spiro atoms. The number of hydrogen-bond donors (Lipinski definition) is 2. The van der Waals surface area contributed by atoms with Crippen molar-refractivity contribution in [1.82, 2.24) is 4.98 Å². The normalized spacial score (nSPS) is 23.3. The van der Waals surface area contributed by atoms with Gasteiger partial charge in [0, 0.05) is 17.4 Å². The van der Waals surface area contributed by atoms with E-state index in [4.69, 9.17) is 5.73 Å². The van der Waals surface area contributed by atoms with Crippen LogP contribution in [0.5, 0.6) is 0 Å². The number of anilines is 2. The zero-order valence-electron chi connectivity index (χ0n) is 11.0. The third kappa shape index (κ3) is 1.42. The third-order valence-corrected chi connectivity index (χ3v) is 4.53. The van der Waals surface area contributed by atoms with Crippen molar-refractivity contribution in [3.63, 3.8) is 0 Å². The first kappa shape index (κ1) is 11.5. The Morgan fingerprint density at radius 1 is 1.25 bits per heavy atom. The van der Waals surface area contributed by atoms with Crippen LogP contribution in [-0.2, 0) is 23.1 Å². The maximum absolute atomic E-state index is 12.5. The number of fused-ring (bicyclic) bond motifs is 3. The van der Waals surface area contributed by atoms with Crippen LogP contribution in [0.4, 0.5) is 11.5 Å². The van der Waals surface area contributed by atoms with Crippen molar-refractivity contribution >= 4 is 17.4 Å². The summed E-state index contributed by atoms with van der Waals surface area (Å²) < 4.78 is 0. The fourth-order valence-electron chi connectivity index (χ4n) is 3.48. The summed E-state index contributed by atoms with van der Waals surface area (Å²) >= 11 is 0. The number of nitrogen functional groups attached to an aromatic ring is 1. The summed E-state index contributed by atoms with van der Waals surface area (Å²) in [6, 6.07) is 9.91. The minimum Gasteiger partial charge on any atom is -0.399 e. The first-order valence-electron chi connectivity index (χ1n) is 6.83. The molecule has 1 aromatic heterocycles. The first-order valence-corrected chi connectivity index (χ1v) is 6.83. The van der Waals surface area contributed by atoms with Crippen molar-refractivity contribution in [1.29, 1.82) is 0 Å². The molecule has 1 atom stereocenters. The monoisotopic (exact) mass is 265 g/mol. The molecule has 4 nitrogen and oxygen atoms in total. The summed E-state index contributed by atoms with van der Waals surface area (Å²) in [6.45, 7) is 0. The van der Waals surface area contributed by atoms with Crippen molar-refractivity contribution in [2.24, 2.45) is 0 Å². The number of hydrogen-bond acceptors (Lipinski definition) is 3. The van der Waals surface area contributed by atoms with Crippen LogP contribution in [0, 0.1) is 0 Å². The predicted molar refractivity (Wildman–Crippen MR) is 77.4 cm³/mol. The number of nitrogens with one attached hydrogen (secondary N) is 1. The maximum Gasteiger partial charge on any atom is 0.236 e. The summed E-state index contributed by atoms with van der Waals surface area (Å²) in [6.07, 6.45) is 4.14. The Bertz CT molecular complexity index is 725. The maximum atomic E-state index is 12.5. The minimum absolute atomic E-state index is 0.0775. The minimum atomic E-state index is -0.452. The number of carbonyl (C=O) groups is 1. The number of pyridine rings is 1. The molecular weight excluding hydrogens is 250 g/mol. The van der Waals surface area contributed by atoms with Gasteiger partial charge in [-0.3, -0.25) is 4.79 Å². The van der Waals surface area contributed by atoms with Crippen molar-refractivity contribution in [3.8, 4) is 0 Å². The van der Waals surface area contributed by atoms with E-state index in [1.165, 1.54) is 11.1 Å². The highest BCUT2D eigenvalue weighted by Gasteiger charge is 2.48. The highest BCUT2D eigenvalue weighted by Crippen LogP contribution is 2.45. The molecular formula is C16H15N3O. The van der Waals surface area contributed by atoms with Crippen molar-refractivity contribution < 1.29 is 4.79 Å². The number of nitrogens with two attached hydrogens (primary N) is 1. The van der Waals surface area contributed by atoms with Gasteiger partial charge in [0.25, 0.3) is 0 Å². The van der Waals surface area contributed by atoms with E-state index < -0.39 is 5.41 Å². The molecule has 1 aliphatic carbocycles. The molecule has 0 fully saturated rings. The molecule has 0 saturated carbocycles. The van der Waals surface area contributed by atoms with Crippen LogP contribution < -0.4 is 11.1 Å². The van der Waals surface area contributed by atoms with E-state index in [0.717, 1.165) is 36.3 Å². The summed E-state index contributed by atoms with van der Waals surface area (Å²) in [5.74, 6) is 0.796. The number of rotatable bonds is 0. The Morgan fingerprint density at radius 3 is 3.05 bits per heavy atom. The van der Waals surface area contributed by atoms with Gasteiger partial charge in [-0.15, -0.1) is 0 Å². The van der Waals surface area contributed by atoms with E-state index in [-0.39, 0.29) is 5.91 Å². The molecule has 4 heteroatoms. The standard InChI is InChI=1S/C16H15N3O/c17-12-4-3-11-9-16(6-5-10(11)8-12)13-2-1-7-18-14(13)19-15(16)20/h1-4,7-8H,5-6,9,17H2,(H,18,19,20). The molecule has 100 valence electrons. The van der Waals surface area contributed by atoms with E-state index in [0.29, 0.717) is 0 Å². The van der Waals surface area contributed by atoms with Gasteiger partial charge in [0.1, 0.15) is 5.82 Å². The highest BCUT2D eigenvalue weighted by atomic mass is 16.2. The zero-order valence-corrected chi connectivity index (χ0v) is 11.0. The Morgan fingerprint density at radius 2 is 2.15 bits per heavy atom. The third-order valence-electron chi connectivity index (χ3n) is 4.53. The van der Waals surface area contributed by atoms with Gasteiger partial charge < -0.3 is 11.1 Å². The molecule has 1 aromatic carbocycles. The number of amides is 1. The van der Waals surface area contributed by atoms with Gasteiger partial charge in [0.15, 0.2) is 0 Å². The lowest BCUT2D eigenvalue weighted by atomic mass is 9.68. The van der Waals surface area contributed by atoms with Gasteiger partial charge in [-0.2, -0.15) is 0 Å². The van der Waals surface area contributed by atoms with Crippen LogP contribution in [0.2, 0.25) is 0 Å². The Balaban J connectivity index is 1.84. The fourth-order valence-corrected chi connectivity index (χ4v) is 3.48. The fraction of sp³-hybridized carbons (Fsp3) is 0.250. The molecule has 2 aliphatic rings. The second kappa shape index (κ2) is 3.82. The smallest absolute Gasteiger partial charge is 0.236 e. The van der Waals surface area contributed by atoms with E-state index in [2.05, 4.69) is 10.3 Å². The Labute approximate surface area is 117 Å². The summed E-state index contributed by atoms with van der Waals surface area (Å²) in [5, 5.41) is 2.93. The molecule has 3 N–H and O–H groups in total. The molecule has 1 aliphatic heterocycles. The van der Waals surface area contributed by atoms with Gasteiger partial charge in [-0.1, -0.05) is 12.1 Å². The van der Waals surface area contributed by atoms with Gasteiger partial charge in [-0.25, -0.2) is 4.98 Å². The summed E-state index contributed by atoms with van der Waals surface area (Å²) in [5.41, 5.74) is 9.70. The van der Waals surface area contributed by atoms with Crippen LogP contribution >= 0.6 is 0 Å². The van der Waals surface area contributed by atoms with Crippen molar-refractivity contribution in [2.45, 2.75) is 24.7 Å². The highest BCUT2D eigenvalue weighted by molar-refractivity contribution is 6.05. The molecule has 0 bridgehead atoms. The predicted octanol–water partition coefficient (Wildman–Crippen LogP) is 2.04. The summed E-state index contributed by atoms with van der Waals surface area (Å²) in [7, 11) is 0. The molecule has 20 heavy (non-hydrogen) atoms. The number of carbonyl (C=O) groups excluding carboxylic acids is 1. The first-order chi connectivity index (χ1) is 9.69. The topological polar surface area (TPSA) is 68.0 Å². The number of nitrogens with zero attached hydrogens (tertiary/aromatic N) is 1. The van der Waals surface area contributed by atoms with Gasteiger partial charge in [0.2, 0.25) is 5.91 Å². The number of aromatic nitrogens is 1. The zero-order chi connectivity index (χ0) is 13.7. The van der Waals surface area contributed by atoms with Gasteiger partial charge in [-0.05, 0) is 48.6 Å². The molecule has 2 heterocycles. The van der Waals surface area contributed by atoms with Crippen molar-refractivity contribution in [2.75, 3.05) is 11.1 Å². The molecule has 4 rings (SSSR count). The second-order valence-electron chi connectivity index (χ2n) is 5.64. The van der Waals surface area contributed by atoms with Crippen LogP contribution in [0.15, 0.2) is 36.5 Å². The lowest BCUT2D eigenvalue weighted by Gasteiger charge is -2.33. The number of benzene rings is 1. The second-order valence-corrected chi connectivity index (χ2v) is 5.64. The largest absolute Gasteiger partial charge is 0.399 e. The molecule has 1 unspecified atom stereocenters. The SMILES string of the molecule is Nc1ccc2c(c1)CCC1(C2)C(=O)Nc2ncccc21.